The van der Waals surface area contributed by atoms with Crippen molar-refractivity contribution in [1.82, 2.24) is 0 Å². The second-order valence-corrected chi connectivity index (χ2v) is 5.09. The summed E-state index contributed by atoms with van der Waals surface area (Å²) in [5.74, 6) is 0. The lowest BCUT2D eigenvalue weighted by Crippen LogP contribution is -2.14. The lowest BCUT2D eigenvalue weighted by atomic mass is 10.1. The number of nitrogens with two attached hydrogens (primary N) is 1. The lowest BCUT2D eigenvalue weighted by Gasteiger charge is -2.11. The SMILES string of the molecule is NC(=S)c1ccccc1NCCc1ccc(Cl)cc1. The van der Waals surface area contributed by atoms with Crippen LogP contribution in [0.4, 0.5) is 5.69 Å². The van der Waals surface area contributed by atoms with Crippen LogP contribution in [0.1, 0.15) is 11.1 Å². The molecular weight excluding hydrogens is 276 g/mol. The van der Waals surface area contributed by atoms with Crippen molar-refractivity contribution in [2.45, 2.75) is 6.42 Å². The van der Waals surface area contributed by atoms with Crippen molar-refractivity contribution < 1.29 is 0 Å². The van der Waals surface area contributed by atoms with Crippen LogP contribution in [0.2, 0.25) is 5.02 Å². The summed E-state index contributed by atoms with van der Waals surface area (Å²) in [5, 5.41) is 4.12. The van der Waals surface area contributed by atoms with Crippen LogP contribution in [0, 0.1) is 0 Å². The Balaban J connectivity index is 1.96. The highest BCUT2D eigenvalue weighted by molar-refractivity contribution is 7.80. The summed E-state index contributed by atoms with van der Waals surface area (Å²) in [6.07, 6.45) is 0.919. The zero-order chi connectivity index (χ0) is 13.7. The summed E-state index contributed by atoms with van der Waals surface area (Å²) in [6, 6.07) is 15.7. The van der Waals surface area contributed by atoms with E-state index in [0.29, 0.717) is 4.99 Å². The van der Waals surface area contributed by atoms with Crippen molar-refractivity contribution in [3.05, 3.63) is 64.7 Å². The molecule has 0 spiro atoms. The molecule has 2 aromatic carbocycles. The second kappa shape index (κ2) is 6.55. The Morgan fingerprint density at radius 3 is 2.47 bits per heavy atom. The first kappa shape index (κ1) is 13.8. The highest BCUT2D eigenvalue weighted by Crippen LogP contribution is 2.15. The summed E-state index contributed by atoms with van der Waals surface area (Å²) in [5.41, 5.74) is 8.79. The normalized spacial score (nSPS) is 10.2. The molecule has 0 unspecified atom stereocenters. The Morgan fingerprint density at radius 1 is 1.11 bits per heavy atom. The van der Waals surface area contributed by atoms with Crippen molar-refractivity contribution in [1.29, 1.82) is 0 Å². The first-order valence-electron chi connectivity index (χ1n) is 6.04. The molecule has 0 radical (unpaired) electrons. The lowest BCUT2D eigenvalue weighted by molar-refractivity contribution is 1.02. The fraction of sp³-hybridized carbons (Fsp3) is 0.133. The summed E-state index contributed by atoms with van der Waals surface area (Å²) in [7, 11) is 0. The van der Waals surface area contributed by atoms with E-state index in [1.807, 2.05) is 48.5 Å². The van der Waals surface area contributed by atoms with E-state index in [9.17, 15) is 0 Å². The van der Waals surface area contributed by atoms with Gasteiger partial charge < -0.3 is 11.1 Å². The van der Waals surface area contributed by atoms with E-state index in [1.54, 1.807) is 0 Å². The molecule has 3 N–H and O–H groups in total. The Morgan fingerprint density at radius 2 is 1.79 bits per heavy atom. The van der Waals surface area contributed by atoms with E-state index in [2.05, 4.69) is 5.32 Å². The summed E-state index contributed by atoms with van der Waals surface area (Å²) >= 11 is 10.9. The fourth-order valence-electron chi connectivity index (χ4n) is 1.84. The third-order valence-corrected chi connectivity index (χ3v) is 3.31. The molecule has 98 valence electrons. The zero-order valence-electron chi connectivity index (χ0n) is 10.4. The molecule has 2 aromatic rings. The van der Waals surface area contributed by atoms with E-state index in [-0.39, 0.29) is 0 Å². The van der Waals surface area contributed by atoms with E-state index in [1.165, 1.54) is 5.56 Å². The Hall–Kier alpha value is -1.58. The summed E-state index contributed by atoms with van der Waals surface area (Å²) in [6.45, 7) is 0.821. The summed E-state index contributed by atoms with van der Waals surface area (Å²) < 4.78 is 0. The van der Waals surface area contributed by atoms with E-state index in [0.717, 1.165) is 29.2 Å². The minimum absolute atomic E-state index is 0.412. The van der Waals surface area contributed by atoms with Gasteiger partial charge in [-0.15, -0.1) is 0 Å². The molecule has 0 amide bonds. The van der Waals surface area contributed by atoms with Crippen LogP contribution < -0.4 is 11.1 Å². The molecule has 0 aromatic heterocycles. The number of benzene rings is 2. The van der Waals surface area contributed by atoms with Crippen molar-refractivity contribution in [2.24, 2.45) is 5.73 Å². The van der Waals surface area contributed by atoms with Crippen molar-refractivity contribution in [3.8, 4) is 0 Å². The number of thiocarbonyl (C=S) groups is 1. The third kappa shape index (κ3) is 3.94. The smallest absolute Gasteiger partial charge is 0.106 e. The fourth-order valence-corrected chi connectivity index (χ4v) is 2.15. The van der Waals surface area contributed by atoms with E-state index in [4.69, 9.17) is 29.6 Å². The molecule has 2 nitrogen and oxygen atoms in total. The Kier molecular flexibility index (Phi) is 4.77. The van der Waals surface area contributed by atoms with Gasteiger partial charge in [-0.3, -0.25) is 0 Å². The minimum atomic E-state index is 0.412. The van der Waals surface area contributed by atoms with E-state index >= 15 is 0 Å². The van der Waals surface area contributed by atoms with Gasteiger partial charge in [0.25, 0.3) is 0 Å². The molecule has 2 rings (SSSR count). The molecule has 19 heavy (non-hydrogen) atoms. The number of hydrogen-bond acceptors (Lipinski definition) is 2. The molecule has 0 heterocycles. The largest absolute Gasteiger partial charge is 0.389 e. The monoisotopic (exact) mass is 290 g/mol. The van der Waals surface area contributed by atoms with Crippen LogP contribution in [-0.4, -0.2) is 11.5 Å². The van der Waals surface area contributed by atoms with Crippen LogP contribution in [0.15, 0.2) is 48.5 Å². The van der Waals surface area contributed by atoms with Gasteiger partial charge in [0.15, 0.2) is 0 Å². The van der Waals surface area contributed by atoms with Crippen LogP contribution in [-0.2, 0) is 6.42 Å². The first-order valence-corrected chi connectivity index (χ1v) is 6.82. The van der Waals surface area contributed by atoms with Gasteiger partial charge in [0, 0.05) is 22.8 Å². The zero-order valence-corrected chi connectivity index (χ0v) is 12.0. The van der Waals surface area contributed by atoms with Crippen LogP contribution >= 0.6 is 23.8 Å². The van der Waals surface area contributed by atoms with Gasteiger partial charge in [0.05, 0.1) is 0 Å². The first-order chi connectivity index (χ1) is 9.16. The van der Waals surface area contributed by atoms with Gasteiger partial charge in [-0.25, -0.2) is 0 Å². The number of anilines is 1. The Bertz CT molecular complexity index is 567. The molecule has 0 bridgehead atoms. The summed E-state index contributed by atoms with van der Waals surface area (Å²) in [4.78, 5) is 0.412. The highest BCUT2D eigenvalue weighted by Gasteiger charge is 2.03. The number of nitrogens with one attached hydrogen (secondary N) is 1. The minimum Gasteiger partial charge on any atom is -0.389 e. The second-order valence-electron chi connectivity index (χ2n) is 4.21. The maximum Gasteiger partial charge on any atom is 0.106 e. The average Bonchev–Trinajstić information content (AvgIpc) is 2.41. The van der Waals surface area contributed by atoms with Crippen LogP contribution in [0.3, 0.4) is 0 Å². The van der Waals surface area contributed by atoms with Crippen LogP contribution in [0.25, 0.3) is 0 Å². The maximum absolute atomic E-state index is 5.85. The molecule has 0 saturated carbocycles. The predicted molar refractivity (Wildman–Crippen MR) is 86.0 cm³/mol. The van der Waals surface area contributed by atoms with Gasteiger partial charge in [0.1, 0.15) is 4.99 Å². The standard InChI is InChI=1S/C15H15ClN2S/c16-12-7-5-11(6-8-12)9-10-18-14-4-2-1-3-13(14)15(17)19/h1-8,18H,9-10H2,(H2,17,19). The quantitative estimate of drug-likeness (QED) is 0.826. The van der Waals surface area contributed by atoms with Crippen molar-refractivity contribution in [2.75, 3.05) is 11.9 Å². The highest BCUT2D eigenvalue weighted by atomic mass is 35.5. The van der Waals surface area contributed by atoms with Crippen molar-refractivity contribution in [3.63, 3.8) is 0 Å². The molecule has 0 fully saturated rings. The van der Waals surface area contributed by atoms with Gasteiger partial charge in [-0.05, 0) is 36.2 Å². The molecule has 4 heteroatoms. The molecule has 0 saturated heterocycles. The van der Waals surface area contributed by atoms with E-state index < -0.39 is 0 Å². The van der Waals surface area contributed by atoms with Crippen LogP contribution in [0.5, 0.6) is 0 Å². The number of rotatable bonds is 5. The predicted octanol–water partition coefficient (Wildman–Crippen LogP) is 3.63. The maximum atomic E-state index is 5.85. The topological polar surface area (TPSA) is 38.0 Å². The van der Waals surface area contributed by atoms with Gasteiger partial charge >= 0.3 is 0 Å². The molecular formula is C15H15ClN2S. The number of hydrogen-bond donors (Lipinski definition) is 2. The molecule has 0 atom stereocenters. The molecule has 0 aliphatic carbocycles. The number of para-hydroxylation sites is 1. The molecule has 0 aliphatic rings. The Labute approximate surface area is 123 Å². The third-order valence-electron chi connectivity index (χ3n) is 2.83. The van der Waals surface area contributed by atoms with Crippen molar-refractivity contribution >= 4 is 34.5 Å². The number of halogens is 1. The van der Waals surface area contributed by atoms with Gasteiger partial charge in [-0.1, -0.05) is 48.1 Å². The van der Waals surface area contributed by atoms with Gasteiger partial charge in [-0.2, -0.15) is 0 Å². The van der Waals surface area contributed by atoms with Gasteiger partial charge in [0.2, 0.25) is 0 Å². The average molecular weight is 291 g/mol. The molecule has 0 aliphatic heterocycles.